The van der Waals surface area contributed by atoms with Crippen LogP contribution in [0, 0.1) is 0 Å². The first-order valence-corrected chi connectivity index (χ1v) is 18.1. The van der Waals surface area contributed by atoms with Gasteiger partial charge in [-0.3, -0.25) is 0 Å². The molecule has 294 valence electrons. The topological polar surface area (TPSA) is 90.2 Å². The van der Waals surface area contributed by atoms with E-state index < -0.39 is 0 Å². The third kappa shape index (κ3) is 43.9. The molecule has 2 rings (SSSR count). The third-order valence-corrected chi connectivity index (χ3v) is 6.54. The van der Waals surface area contributed by atoms with Crippen molar-refractivity contribution in [3.8, 4) is 23.0 Å². The first-order chi connectivity index (χ1) is 25.0. The average Bonchev–Trinajstić information content (AvgIpc) is 3.21. The van der Waals surface area contributed by atoms with Crippen LogP contribution in [0.3, 0.4) is 0 Å². The van der Waals surface area contributed by atoms with E-state index in [-0.39, 0.29) is 13.2 Å². The van der Waals surface area contributed by atoms with Gasteiger partial charge < -0.3 is 25.2 Å². The van der Waals surface area contributed by atoms with Gasteiger partial charge in [-0.1, -0.05) is 90.9 Å². The second kappa shape index (κ2) is 61.2. The summed E-state index contributed by atoms with van der Waals surface area (Å²) in [7, 11) is 0. The van der Waals surface area contributed by atoms with Gasteiger partial charge >= 0.3 is 0 Å². The molecule has 0 aromatic heterocycles. The summed E-state index contributed by atoms with van der Waals surface area (Å²) in [4.78, 5) is 0. The van der Waals surface area contributed by atoms with E-state index in [0.717, 1.165) is 48.3 Å². The van der Waals surface area contributed by atoms with Crippen LogP contribution in [0.4, 0.5) is 0 Å². The number of aromatic hydroxyl groups is 2. The van der Waals surface area contributed by atoms with Crippen molar-refractivity contribution in [2.24, 2.45) is 0 Å². The molecule has 0 spiro atoms. The molecular weight excluding hydrogens is 633 g/mol. The number of phenolic OH excluding ortho intramolecular Hbond substituents is 2. The van der Waals surface area contributed by atoms with Gasteiger partial charge in [0.25, 0.3) is 0 Å². The summed E-state index contributed by atoms with van der Waals surface area (Å²) in [5.74, 6) is 2.16. The fourth-order valence-electron chi connectivity index (χ4n) is 4.33. The zero-order valence-corrected chi connectivity index (χ0v) is 33.3. The van der Waals surface area contributed by atoms with Crippen molar-refractivity contribution < 1.29 is 25.2 Å². The van der Waals surface area contributed by atoms with E-state index in [1.54, 1.807) is 12.1 Å². The van der Waals surface area contributed by atoms with E-state index in [0.29, 0.717) is 11.5 Å². The number of phenols is 2. The maximum absolute atomic E-state index is 10.3. The normalized spacial score (nSPS) is 8.31. The SMILES string of the molecule is C=C.C=C.C=C.C=C.C=C.C=C.C=C.CCCCCCCCCc1cc(Oc2ccc(O)c(CCCCCCCCC)c2)ccc1O.OCCO. The molecule has 0 atom stereocenters. The lowest BCUT2D eigenvalue weighted by Gasteiger charge is -2.12. The molecule has 0 saturated heterocycles. The molecule has 5 nitrogen and oxygen atoms in total. The summed E-state index contributed by atoms with van der Waals surface area (Å²) in [6.07, 6.45) is 19.4. The van der Waals surface area contributed by atoms with Crippen LogP contribution in [0.2, 0.25) is 0 Å². The highest BCUT2D eigenvalue weighted by Crippen LogP contribution is 2.31. The Kier molecular flexibility index (Phi) is 74.5. The van der Waals surface area contributed by atoms with E-state index in [4.69, 9.17) is 14.9 Å². The van der Waals surface area contributed by atoms with Gasteiger partial charge in [0, 0.05) is 0 Å². The van der Waals surface area contributed by atoms with Gasteiger partial charge in [0.2, 0.25) is 0 Å². The predicted molar refractivity (Wildman–Crippen MR) is 233 cm³/mol. The fourth-order valence-corrected chi connectivity index (χ4v) is 4.33. The summed E-state index contributed by atoms with van der Waals surface area (Å²) in [5, 5.41) is 35.8. The Morgan fingerprint density at radius 2 is 0.667 bits per heavy atom. The van der Waals surface area contributed by atoms with Crippen LogP contribution >= 0.6 is 0 Å². The predicted octanol–water partition coefficient (Wildman–Crippen LogP) is 14.1. The van der Waals surface area contributed by atoms with Crippen LogP contribution in [-0.4, -0.2) is 33.6 Å². The molecule has 0 fully saturated rings. The number of rotatable bonds is 19. The molecular formula is C46H80O5. The molecule has 51 heavy (non-hydrogen) atoms. The van der Waals surface area contributed by atoms with Gasteiger partial charge in [-0.25, -0.2) is 0 Å². The Balaban J connectivity index is -0.000000184. The fraction of sp³-hybridized carbons (Fsp3) is 0.435. The van der Waals surface area contributed by atoms with Crippen molar-refractivity contribution in [3.63, 3.8) is 0 Å². The first kappa shape index (κ1) is 62.1. The number of hydrogen-bond donors (Lipinski definition) is 4. The molecule has 0 aliphatic carbocycles. The Labute approximate surface area is 316 Å². The monoisotopic (exact) mass is 713 g/mol. The Morgan fingerprint density at radius 3 is 0.922 bits per heavy atom. The first-order valence-electron chi connectivity index (χ1n) is 18.1. The lowest BCUT2D eigenvalue weighted by molar-refractivity contribution is 0.186. The highest BCUT2D eigenvalue weighted by Gasteiger charge is 2.08. The van der Waals surface area contributed by atoms with Gasteiger partial charge in [0.15, 0.2) is 0 Å². The smallest absolute Gasteiger partial charge is 0.127 e. The molecule has 0 unspecified atom stereocenters. The van der Waals surface area contributed by atoms with Gasteiger partial charge in [0.1, 0.15) is 23.0 Å². The van der Waals surface area contributed by atoms with Gasteiger partial charge in [0.05, 0.1) is 13.2 Å². The molecule has 5 heteroatoms. The van der Waals surface area contributed by atoms with E-state index in [1.165, 1.54) is 77.0 Å². The standard InChI is InChI=1S/C30H46O3.C2H6O2.7C2H4/c1-3-5-7-9-11-13-15-17-25-23-27(19-21-29(25)31)33-28-20-22-30(32)26(24-28)18-16-14-12-10-8-6-4-2;3-1-2-4;7*1-2/h19-24,31-32H,3-18H2,1-2H3;3-4H,1-2H2;7*1-2H2. The Bertz CT molecular complexity index is 843. The van der Waals surface area contributed by atoms with Crippen molar-refractivity contribution in [1.29, 1.82) is 0 Å². The molecule has 0 heterocycles. The summed E-state index contributed by atoms with van der Waals surface area (Å²) < 4.78 is 6.09. The highest BCUT2D eigenvalue weighted by atomic mass is 16.5. The minimum Gasteiger partial charge on any atom is -0.508 e. The molecule has 2 aromatic carbocycles. The van der Waals surface area contributed by atoms with E-state index in [2.05, 4.69) is 106 Å². The summed E-state index contributed by atoms with van der Waals surface area (Å²) in [6.45, 7) is 46.2. The number of unbranched alkanes of at least 4 members (excludes halogenated alkanes) is 12. The third-order valence-electron chi connectivity index (χ3n) is 6.54. The van der Waals surface area contributed by atoms with Crippen LogP contribution in [-0.2, 0) is 12.8 Å². The quantitative estimate of drug-likeness (QED) is 0.0860. The molecule has 0 amide bonds. The minimum absolute atomic E-state index is 0.125. The summed E-state index contributed by atoms with van der Waals surface area (Å²) >= 11 is 0. The molecule has 0 aliphatic heterocycles. The highest BCUT2D eigenvalue weighted by molar-refractivity contribution is 5.44. The van der Waals surface area contributed by atoms with E-state index in [9.17, 15) is 10.2 Å². The van der Waals surface area contributed by atoms with Gasteiger partial charge in [-0.05, 0) is 73.2 Å². The number of aliphatic hydroxyl groups is 2. The van der Waals surface area contributed by atoms with Crippen LogP contribution < -0.4 is 4.74 Å². The molecule has 2 aromatic rings. The zero-order chi connectivity index (χ0) is 41.1. The van der Waals surface area contributed by atoms with Gasteiger partial charge in [-0.15, -0.1) is 92.1 Å². The molecule has 4 N–H and O–H groups in total. The maximum Gasteiger partial charge on any atom is 0.127 e. The number of aryl methyl sites for hydroxylation is 2. The Morgan fingerprint density at radius 1 is 0.412 bits per heavy atom. The summed E-state index contributed by atoms with van der Waals surface area (Å²) in [6, 6.07) is 11.0. The second-order valence-electron chi connectivity index (χ2n) is 9.87. The van der Waals surface area contributed by atoms with Crippen LogP contribution in [0.5, 0.6) is 23.0 Å². The number of benzene rings is 2. The van der Waals surface area contributed by atoms with Crippen LogP contribution in [0.1, 0.15) is 115 Å². The molecule has 0 bridgehead atoms. The molecule has 0 aliphatic rings. The average molecular weight is 713 g/mol. The largest absolute Gasteiger partial charge is 0.508 e. The second-order valence-corrected chi connectivity index (χ2v) is 9.87. The molecule has 0 saturated carbocycles. The van der Waals surface area contributed by atoms with Gasteiger partial charge in [-0.2, -0.15) is 0 Å². The van der Waals surface area contributed by atoms with Crippen molar-refractivity contribution in [2.75, 3.05) is 13.2 Å². The van der Waals surface area contributed by atoms with E-state index >= 15 is 0 Å². The summed E-state index contributed by atoms with van der Waals surface area (Å²) in [5.41, 5.74) is 1.89. The molecule has 0 radical (unpaired) electrons. The number of aliphatic hydroxyl groups excluding tert-OH is 2. The number of hydrogen-bond acceptors (Lipinski definition) is 5. The zero-order valence-electron chi connectivity index (χ0n) is 33.3. The van der Waals surface area contributed by atoms with Crippen LogP contribution in [0.25, 0.3) is 0 Å². The van der Waals surface area contributed by atoms with Crippen molar-refractivity contribution in [3.05, 3.63) is 140 Å². The van der Waals surface area contributed by atoms with Crippen molar-refractivity contribution >= 4 is 0 Å². The Hall–Kier alpha value is -4.06. The van der Waals surface area contributed by atoms with Crippen molar-refractivity contribution in [1.82, 2.24) is 0 Å². The lowest BCUT2D eigenvalue weighted by Crippen LogP contribution is -1.92. The van der Waals surface area contributed by atoms with E-state index in [1.807, 2.05) is 24.3 Å². The number of ether oxygens (including phenoxy) is 1. The minimum atomic E-state index is -0.125. The lowest BCUT2D eigenvalue weighted by atomic mass is 10.0. The van der Waals surface area contributed by atoms with Crippen LogP contribution in [0.15, 0.2) is 129 Å². The maximum atomic E-state index is 10.3. The van der Waals surface area contributed by atoms with Crippen molar-refractivity contribution in [2.45, 2.75) is 117 Å².